The minimum Gasteiger partial charge on any atom is -0.463 e. The van der Waals surface area contributed by atoms with Crippen LogP contribution in [0.4, 0.5) is 19.4 Å². The van der Waals surface area contributed by atoms with Crippen LogP contribution in [-0.4, -0.2) is 58.1 Å². The van der Waals surface area contributed by atoms with Crippen molar-refractivity contribution in [3.05, 3.63) is 58.6 Å². The Hall–Kier alpha value is -3.38. The number of carbonyl (C=O) groups is 2. The fraction of sp³-hybridized carbons (Fsp3) is 0.429. The Labute approximate surface area is 187 Å². The minimum absolute atomic E-state index is 0.0188. The zero-order valence-corrected chi connectivity index (χ0v) is 17.6. The van der Waals surface area contributed by atoms with Crippen molar-refractivity contribution in [1.82, 2.24) is 9.55 Å². The van der Waals surface area contributed by atoms with E-state index in [4.69, 9.17) is 9.47 Å². The number of hydrogen-bond acceptors (Lipinski definition) is 8. The van der Waals surface area contributed by atoms with Gasteiger partial charge in [0.25, 0.3) is 0 Å². The molecule has 0 saturated carbocycles. The summed E-state index contributed by atoms with van der Waals surface area (Å²) in [4.78, 5) is 39.1. The molecule has 2 heterocycles. The zero-order chi connectivity index (χ0) is 24.0. The number of carbonyl (C=O) groups excluding carboxylic acids is 2. The van der Waals surface area contributed by atoms with Crippen molar-refractivity contribution >= 4 is 17.9 Å². The van der Waals surface area contributed by atoms with E-state index in [1.807, 2.05) is 30.3 Å². The maximum atomic E-state index is 14.6. The molecule has 2 aromatic rings. The molecule has 2 N–H and O–H groups in total. The molecule has 0 aliphatic carbocycles. The quantitative estimate of drug-likeness (QED) is 0.563. The average molecular weight is 467 g/mol. The highest BCUT2D eigenvalue weighted by Gasteiger charge is 2.60. The van der Waals surface area contributed by atoms with E-state index >= 15 is 0 Å². The van der Waals surface area contributed by atoms with E-state index in [9.17, 15) is 28.3 Å². The Balaban J connectivity index is 1.61. The summed E-state index contributed by atoms with van der Waals surface area (Å²) in [7, 11) is 0. The Morgan fingerprint density at radius 1 is 1.24 bits per heavy atom. The van der Waals surface area contributed by atoms with Gasteiger partial charge in [-0.15, -0.1) is 0 Å². The number of nitrogens with zero attached hydrogens (tertiary/aromatic N) is 2. The number of nitrogens with one attached hydrogen (secondary N) is 1. The minimum atomic E-state index is -3.87. The SMILES string of the molecule is CCOC(=O)Nc1ccn([C@@H]2O[C@H](COC(=O)CCc3ccccc3)[C@@H](O)C2(F)F)c(=O)n1. The highest BCUT2D eigenvalue weighted by molar-refractivity contribution is 5.83. The van der Waals surface area contributed by atoms with Crippen LogP contribution >= 0.6 is 0 Å². The normalized spacial score (nSPS) is 21.4. The largest absolute Gasteiger partial charge is 0.463 e. The average Bonchev–Trinajstić information content (AvgIpc) is 3.00. The van der Waals surface area contributed by atoms with Gasteiger partial charge in [0.2, 0.25) is 6.23 Å². The Kier molecular flexibility index (Phi) is 7.71. The van der Waals surface area contributed by atoms with Crippen LogP contribution in [0.15, 0.2) is 47.4 Å². The lowest BCUT2D eigenvalue weighted by Gasteiger charge is -2.21. The molecule has 1 aromatic carbocycles. The van der Waals surface area contributed by atoms with E-state index in [0.29, 0.717) is 11.0 Å². The second-order valence-electron chi connectivity index (χ2n) is 7.16. The molecule has 0 unspecified atom stereocenters. The first-order valence-corrected chi connectivity index (χ1v) is 10.2. The van der Waals surface area contributed by atoms with Crippen molar-refractivity contribution in [3.8, 4) is 0 Å². The number of aromatic nitrogens is 2. The molecule has 1 saturated heterocycles. The molecule has 12 heteroatoms. The van der Waals surface area contributed by atoms with Crippen LogP contribution in [0.2, 0.25) is 0 Å². The van der Waals surface area contributed by atoms with E-state index in [-0.39, 0.29) is 18.8 Å². The second-order valence-corrected chi connectivity index (χ2v) is 7.16. The molecule has 10 nitrogen and oxygen atoms in total. The van der Waals surface area contributed by atoms with Crippen molar-refractivity contribution in [2.24, 2.45) is 0 Å². The smallest absolute Gasteiger partial charge is 0.412 e. The molecule has 1 aromatic heterocycles. The topological polar surface area (TPSA) is 129 Å². The summed E-state index contributed by atoms with van der Waals surface area (Å²) in [5, 5.41) is 12.2. The van der Waals surface area contributed by atoms with Crippen molar-refractivity contribution in [2.75, 3.05) is 18.5 Å². The van der Waals surface area contributed by atoms with Gasteiger partial charge in [0.1, 0.15) is 18.5 Å². The third-order valence-electron chi connectivity index (χ3n) is 4.84. The van der Waals surface area contributed by atoms with Crippen molar-refractivity contribution in [1.29, 1.82) is 0 Å². The van der Waals surface area contributed by atoms with E-state index in [1.165, 1.54) is 0 Å². The van der Waals surface area contributed by atoms with Gasteiger partial charge in [-0.25, -0.2) is 9.59 Å². The predicted octanol–water partition coefficient (Wildman–Crippen LogP) is 1.88. The lowest BCUT2D eigenvalue weighted by Crippen LogP contribution is -2.42. The van der Waals surface area contributed by atoms with Gasteiger partial charge in [0, 0.05) is 12.6 Å². The van der Waals surface area contributed by atoms with Gasteiger partial charge in [-0.1, -0.05) is 30.3 Å². The number of aryl methyl sites for hydroxylation is 1. The first-order chi connectivity index (χ1) is 15.7. The molecular formula is C21H23F2N3O7. The Bertz CT molecular complexity index is 1030. The number of amides is 1. The molecule has 1 fully saturated rings. The highest BCUT2D eigenvalue weighted by Crippen LogP contribution is 2.42. The van der Waals surface area contributed by atoms with Crippen LogP contribution in [0.25, 0.3) is 0 Å². The summed E-state index contributed by atoms with van der Waals surface area (Å²) in [6, 6.07) is 10.2. The van der Waals surface area contributed by atoms with E-state index in [1.54, 1.807) is 6.92 Å². The summed E-state index contributed by atoms with van der Waals surface area (Å²) < 4.78 is 44.5. The molecular weight excluding hydrogens is 444 g/mol. The molecule has 1 amide bonds. The fourth-order valence-corrected chi connectivity index (χ4v) is 3.18. The lowest BCUT2D eigenvalue weighted by molar-refractivity contribution is -0.150. The number of halogens is 2. The van der Waals surface area contributed by atoms with Crippen LogP contribution in [0, 0.1) is 0 Å². The molecule has 0 spiro atoms. The van der Waals surface area contributed by atoms with Crippen molar-refractivity contribution < 1.29 is 37.7 Å². The van der Waals surface area contributed by atoms with Gasteiger partial charge < -0.3 is 19.3 Å². The maximum absolute atomic E-state index is 14.6. The molecule has 178 valence electrons. The van der Waals surface area contributed by atoms with Gasteiger partial charge >= 0.3 is 23.7 Å². The summed E-state index contributed by atoms with van der Waals surface area (Å²) in [5.74, 6) is -4.72. The van der Waals surface area contributed by atoms with Crippen LogP contribution < -0.4 is 11.0 Å². The number of hydrogen-bond donors (Lipinski definition) is 2. The molecule has 33 heavy (non-hydrogen) atoms. The van der Waals surface area contributed by atoms with Crippen LogP contribution in [0.1, 0.15) is 25.1 Å². The summed E-state index contributed by atoms with van der Waals surface area (Å²) in [6.07, 6.45) is -5.57. The molecule has 1 aliphatic rings. The summed E-state index contributed by atoms with van der Waals surface area (Å²) in [6.45, 7) is 1.04. The zero-order valence-electron chi connectivity index (χ0n) is 17.6. The fourth-order valence-electron chi connectivity index (χ4n) is 3.18. The number of esters is 1. The highest BCUT2D eigenvalue weighted by atomic mass is 19.3. The van der Waals surface area contributed by atoms with E-state index in [0.717, 1.165) is 17.8 Å². The van der Waals surface area contributed by atoms with Crippen molar-refractivity contribution in [2.45, 2.75) is 44.1 Å². The molecule has 1 aliphatic heterocycles. The van der Waals surface area contributed by atoms with Crippen molar-refractivity contribution in [3.63, 3.8) is 0 Å². The number of rotatable bonds is 8. The second kappa shape index (κ2) is 10.5. The number of alkyl halides is 2. The van der Waals surface area contributed by atoms with Crippen LogP contribution in [-0.2, 0) is 25.4 Å². The van der Waals surface area contributed by atoms with Crippen LogP contribution in [0.5, 0.6) is 0 Å². The third-order valence-corrected chi connectivity index (χ3v) is 4.84. The van der Waals surface area contributed by atoms with Gasteiger partial charge in [0.05, 0.1) is 6.61 Å². The van der Waals surface area contributed by atoms with Gasteiger partial charge in [-0.2, -0.15) is 13.8 Å². The number of ether oxygens (including phenoxy) is 3. The number of anilines is 1. The third kappa shape index (κ3) is 5.90. The first-order valence-electron chi connectivity index (χ1n) is 10.2. The lowest BCUT2D eigenvalue weighted by atomic mass is 10.1. The number of benzene rings is 1. The molecule has 3 atom stereocenters. The molecule has 0 bridgehead atoms. The van der Waals surface area contributed by atoms with E-state index < -0.39 is 48.7 Å². The standard InChI is InChI=1S/C21H23F2N3O7/c1-2-31-20(30)25-15-10-11-26(19(29)24-15)18-21(22,23)17(28)14(33-18)12-32-16(27)9-8-13-6-4-3-5-7-13/h3-7,10-11,14,17-18,28H,2,8-9,12H2,1H3,(H,24,25,29,30)/t14-,17-,18-/m1/s1. The first kappa shape index (κ1) is 24.3. The molecule has 3 rings (SSSR count). The number of aliphatic hydroxyl groups excluding tert-OH is 1. The summed E-state index contributed by atoms with van der Waals surface area (Å²) in [5.41, 5.74) is -0.243. The Morgan fingerprint density at radius 2 is 1.97 bits per heavy atom. The van der Waals surface area contributed by atoms with Gasteiger partial charge in [-0.05, 0) is 25.0 Å². The summed E-state index contributed by atoms with van der Waals surface area (Å²) >= 11 is 0. The predicted molar refractivity (Wildman–Crippen MR) is 110 cm³/mol. The van der Waals surface area contributed by atoms with Gasteiger partial charge in [-0.3, -0.25) is 14.7 Å². The maximum Gasteiger partial charge on any atom is 0.412 e. The van der Waals surface area contributed by atoms with Gasteiger partial charge in [0.15, 0.2) is 6.10 Å². The monoisotopic (exact) mass is 467 g/mol. The van der Waals surface area contributed by atoms with Crippen LogP contribution in [0.3, 0.4) is 0 Å². The Morgan fingerprint density at radius 3 is 2.64 bits per heavy atom. The number of aliphatic hydroxyl groups is 1. The van der Waals surface area contributed by atoms with E-state index in [2.05, 4.69) is 15.0 Å². The molecule has 0 radical (unpaired) electrons.